The van der Waals surface area contributed by atoms with E-state index >= 15 is 0 Å². The highest BCUT2D eigenvalue weighted by Crippen LogP contribution is 2.33. The lowest BCUT2D eigenvalue weighted by molar-refractivity contribution is -0.138. The minimum absolute atomic E-state index is 0.00196. The lowest BCUT2D eigenvalue weighted by Gasteiger charge is -2.31. The molecule has 0 unspecified atom stereocenters. The fourth-order valence-corrected chi connectivity index (χ4v) is 3.98. The molecule has 186 valence electrons. The number of hydrogen-bond donors (Lipinski definition) is 2. The van der Waals surface area contributed by atoms with Crippen LogP contribution < -0.4 is 26.2 Å². The van der Waals surface area contributed by atoms with Crippen LogP contribution in [0.4, 0.5) is 43.4 Å². The lowest BCUT2D eigenvalue weighted by atomic mass is 9.92. The molecule has 0 aromatic heterocycles. The van der Waals surface area contributed by atoms with Crippen LogP contribution in [0.1, 0.15) is 36.8 Å². The van der Waals surface area contributed by atoms with Gasteiger partial charge in [-0.15, -0.1) is 0 Å². The van der Waals surface area contributed by atoms with E-state index in [9.17, 15) is 35.9 Å². The second-order valence-electron chi connectivity index (χ2n) is 8.37. The molecule has 0 aliphatic heterocycles. The fourth-order valence-electron chi connectivity index (χ4n) is 3.98. The van der Waals surface area contributed by atoms with Crippen LogP contribution in [0.5, 0.6) is 5.75 Å². The van der Waals surface area contributed by atoms with E-state index in [2.05, 4.69) is 10.6 Å². The van der Waals surface area contributed by atoms with Gasteiger partial charge in [-0.1, -0.05) is 0 Å². The quantitative estimate of drug-likeness (QED) is 0.329. The highest BCUT2D eigenvalue weighted by molar-refractivity contribution is 5.79. The van der Waals surface area contributed by atoms with Gasteiger partial charge in [-0.2, -0.15) is 26.3 Å². The van der Waals surface area contributed by atoms with Gasteiger partial charge in [0.25, 0.3) is 10.9 Å². The van der Waals surface area contributed by atoms with Crippen molar-refractivity contribution >= 4 is 17.1 Å². The summed E-state index contributed by atoms with van der Waals surface area (Å²) in [6.45, 7) is 0. The molecule has 1 saturated carbocycles. The number of rotatable bonds is 6. The molecule has 1 fully saturated rings. The van der Waals surface area contributed by atoms with E-state index in [1.807, 2.05) is 0 Å². The molecule has 0 bridgehead atoms. The van der Waals surface area contributed by atoms with Gasteiger partial charge in [0.15, 0.2) is 0 Å². The molecule has 2 N–H and O–H groups in total. The average Bonchev–Trinajstić information content (AvgIpc) is 2.81. The van der Waals surface area contributed by atoms with E-state index in [1.54, 1.807) is 0 Å². The van der Waals surface area contributed by atoms with Crippen molar-refractivity contribution in [2.24, 2.45) is 0 Å². The predicted octanol–water partition coefficient (Wildman–Crippen LogP) is 5.87. The maximum atomic E-state index is 12.7. The minimum atomic E-state index is -4.48. The Morgan fingerprint density at radius 3 is 1.69 bits per heavy atom. The van der Waals surface area contributed by atoms with Gasteiger partial charge in [0.05, 0.1) is 17.2 Å². The SMILES string of the molecule is O=c1c(Nc2ccc(C(F)(F)F)cc2)c(NC2CCC(Oc3ccc(C(F)(F)F)cc3)CC2)c1=O. The summed E-state index contributed by atoms with van der Waals surface area (Å²) >= 11 is 0. The van der Waals surface area contributed by atoms with Crippen molar-refractivity contribution in [3.05, 3.63) is 80.1 Å². The second-order valence-corrected chi connectivity index (χ2v) is 8.37. The van der Waals surface area contributed by atoms with Gasteiger partial charge in [-0.25, -0.2) is 0 Å². The van der Waals surface area contributed by atoms with Crippen LogP contribution in [0.15, 0.2) is 58.1 Å². The number of halogens is 6. The summed E-state index contributed by atoms with van der Waals surface area (Å²) in [4.78, 5) is 24.1. The van der Waals surface area contributed by atoms with Gasteiger partial charge in [0.1, 0.15) is 17.1 Å². The largest absolute Gasteiger partial charge is 0.490 e. The Morgan fingerprint density at radius 2 is 1.17 bits per heavy atom. The minimum Gasteiger partial charge on any atom is -0.490 e. The molecule has 1 aliphatic rings. The van der Waals surface area contributed by atoms with Gasteiger partial charge in [0.2, 0.25) is 0 Å². The average molecular weight is 498 g/mol. The first-order chi connectivity index (χ1) is 16.4. The number of hydrogen-bond acceptors (Lipinski definition) is 5. The summed E-state index contributed by atoms with van der Waals surface area (Å²) in [6.07, 6.45) is -6.78. The number of ether oxygens (including phenoxy) is 1. The molecule has 0 atom stereocenters. The Hall–Kier alpha value is -3.50. The number of anilines is 3. The third-order valence-corrected chi connectivity index (χ3v) is 5.90. The summed E-state index contributed by atoms with van der Waals surface area (Å²) in [5, 5.41) is 5.74. The van der Waals surface area contributed by atoms with E-state index in [4.69, 9.17) is 4.74 Å². The highest BCUT2D eigenvalue weighted by atomic mass is 19.4. The third kappa shape index (κ3) is 5.60. The molecule has 0 radical (unpaired) electrons. The topological polar surface area (TPSA) is 67.4 Å². The molecule has 0 saturated heterocycles. The van der Waals surface area contributed by atoms with E-state index in [-0.39, 0.29) is 29.2 Å². The monoisotopic (exact) mass is 498 g/mol. The fraction of sp³-hybridized carbons (Fsp3) is 0.333. The van der Waals surface area contributed by atoms with Crippen LogP contribution in [-0.4, -0.2) is 12.1 Å². The maximum Gasteiger partial charge on any atom is 0.416 e. The lowest BCUT2D eigenvalue weighted by Crippen LogP contribution is -2.40. The van der Waals surface area contributed by atoms with Crippen LogP contribution in [0.25, 0.3) is 0 Å². The van der Waals surface area contributed by atoms with Crippen molar-refractivity contribution in [2.75, 3.05) is 10.6 Å². The highest BCUT2D eigenvalue weighted by Gasteiger charge is 2.32. The van der Waals surface area contributed by atoms with Gasteiger partial charge in [-0.05, 0) is 74.2 Å². The summed E-state index contributed by atoms with van der Waals surface area (Å²) in [5.74, 6) is 0.333. The Kier molecular flexibility index (Phi) is 6.52. The number of benzene rings is 2. The molecular weight excluding hydrogens is 478 g/mol. The maximum absolute atomic E-state index is 12.7. The standard InChI is InChI=1S/C24H20F6N2O3/c25-23(26,27)13-1-5-15(6-2-13)31-19-20(22(34)21(19)33)32-16-7-11-18(12-8-16)35-17-9-3-14(4-10-17)24(28,29)30/h1-6,9-10,16,18,31-32H,7-8,11-12H2. The number of alkyl halides is 6. The van der Waals surface area contributed by atoms with Crippen LogP contribution >= 0.6 is 0 Å². The Bertz CT molecular complexity index is 1240. The molecule has 0 spiro atoms. The molecule has 5 nitrogen and oxygen atoms in total. The van der Waals surface area contributed by atoms with Crippen LogP contribution in [-0.2, 0) is 12.4 Å². The van der Waals surface area contributed by atoms with Crippen molar-refractivity contribution in [2.45, 2.75) is 50.2 Å². The summed E-state index contributed by atoms with van der Waals surface area (Å²) in [5.41, 5.74) is -2.73. The van der Waals surface area contributed by atoms with E-state index < -0.39 is 34.3 Å². The van der Waals surface area contributed by atoms with Crippen LogP contribution in [0.3, 0.4) is 0 Å². The van der Waals surface area contributed by atoms with Crippen molar-refractivity contribution in [1.29, 1.82) is 0 Å². The van der Waals surface area contributed by atoms with Crippen molar-refractivity contribution in [3.8, 4) is 5.75 Å². The molecule has 11 heteroatoms. The first kappa shape index (κ1) is 24.6. The van der Waals surface area contributed by atoms with Crippen molar-refractivity contribution in [3.63, 3.8) is 0 Å². The van der Waals surface area contributed by atoms with E-state index in [0.717, 1.165) is 24.3 Å². The van der Waals surface area contributed by atoms with E-state index in [1.165, 1.54) is 24.3 Å². The zero-order valence-electron chi connectivity index (χ0n) is 18.1. The van der Waals surface area contributed by atoms with Gasteiger partial charge in [-0.3, -0.25) is 9.59 Å². The Balaban J connectivity index is 1.32. The van der Waals surface area contributed by atoms with Crippen molar-refractivity contribution in [1.82, 2.24) is 0 Å². The normalized spacial score (nSPS) is 18.9. The molecular formula is C24H20F6N2O3. The molecule has 3 aromatic carbocycles. The smallest absolute Gasteiger partial charge is 0.416 e. The number of nitrogens with one attached hydrogen (secondary N) is 2. The first-order valence-electron chi connectivity index (χ1n) is 10.8. The van der Waals surface area contributed by atoms with Gasteiger partial charge in [0, 0.05) is 11.7 Å². The van der Waals surface area contributed by atoms with Crippen LogP contribution in [0, 0.1) is 0 Å². The molecule has 0 heterocycles. The zero-order valence-corrected chi connectivity index (χ0v) is 18.1. The zero-order chi connectivity index (χ0) is 25.4. The molecule has 3 aromatic rings. The molecule has 1 aliphatic carbocycles. The van der Waals surface area contributed by atoms with Crippen LogP contribution in [0.2, 0.25) is 0 Å². The summed E-state index contributed by atoms with van der Waals surface area (Å²) in [7, 11) is 0. The van der Waals surface area contributed by atoms with E-state index in [0.29, 0.717) is 31.4 Å². The van der Waals surface area contributed by atoms with Gasteiger partial charge < -0.3 is 15.4 Å². The third-order valence-electron chi connectivity index (χ3n) is 5.90. The van der Waals surface area contributed by atoms with Gasteiger partial charge >= 0.3 is 12.4 Å². The molecule has 35 heavy (non-hydrogen) atoms. The first-order valence-corrected chi connectivity index (χ1v) is 10.8. The summed E-state index contributed by atoms with van der Waals surface area (Å²) < 4.78 is 81.9. The molecule has 4 rings (SSSR count). The Labute approximate surface area is 195 Å². The van der Waals surface area contributed by atoms with Crippen molar-refractivity contribution < 1.29 is 31.1 Å². The predicted molar refractivity (Wildman–Crippen MR) is 118 cm³/mol. The molecule has 0 amide bonds. The summed E-state index contributed by atoms with van der Waals surface area (Å²) in [6, 6.07) is 8.42. The second kappa shape index (κ2) is 9.27. The Morgan fingerprint density at radius 1 is 0.686 bits per heavy atom.